The lowest BCUT2D eigenvalue weighted by Crippen LogP contribution is -1.89. The predicted octanol–water partition coefficient (Wildman–Crippen LogP) is 25.3. The third-order valence-corrected chi connectivity index (χ3v) is 20.2. The van der Waals surface area contributed by atoms with E-state index in [1.807, 2.05) is 105 Å². The van der Waals surface area contributed by atoms with Crippen LogP contribution in [0.2, 0.25) is 0 Å². The molecule has 12 heteroatoms. The fourth-order valence-corrected chi connectivity index (χ4v) is 14.6. The smallest absolute Gasteiger partial charge is 0.202 e. The molecular weight excluding hydrogens is 1410 g/mol. The number of nitrogens with zero attached hydrogens (tertiary/aromatic N) is 6. The number of hydrogen-bond donors (Lipinski definition) is 0. The molecule has 0 saturated heterocycles. The van der Waals surface area contributed by atoms with E-state index < -0.39 is 0 Å². The van der Waals surface area contributed by atoms with Gasteiger partial charge in [-0.3, -0.25) is 28.8 Å². The van der Waals surface area contributed by atoms with Gasteiger partial charge >= 0.3 is 0 Å². The minimum Gasteiger partial charge on any atom is -0.298 e. The van der Waals surface area contributed by atoms with Crippen molar-refractivity contribution < 1.29 is 28.8 Å². The first kappa shape index (κ1) is 76.2. The van der Waals surface area contributed by atoms with E-state index in [0.29, 0.717) is 95.6 Å². The minimum atomic E-state index is 0.380. The van der Waals surface area contributed by atoms with Crippen molar-refractivity contribution in [3.05, 3.63) is 367 Å². The second-order valence-corrected chi connectivity index (χ2v) is 28.1. The number of carbonyl (C=O) groups is 6. The van der Waals surface area contributed by atoms with Crippen molar-refractivity contribution in [2.45, 2.75) is 41.5 Å². The van der Waals surface area contributed by atoms with Crippen molar-refractivity contribution in [2.24, 2.45) is 0 Å². The average molecular weight is 1470 g/mol. The molecule has 18 aromatic rings. The molecule has 0 amide bonds. The van der Waals surface area contributed by atoms with Gasteiger partial charge in [0.05, 0.1) is 35.4 Å². The summed E-state index contributed by atoms with van der Waals surface area (Å²) in [6.45, 7) is 27.3. The average Bonchev–Trinajstić information content (AvgIpc) is 0.753. The number of hydrogen-bond acceptors (Lipinski definition) is 10. The van der Waals surface area contributed by atoms with Gasteiger partial charge < -0.3 is 0 Å². The fourth-order valence-electron chi connectivity index (χ4n) is 14.6. The monoisotopic (exact) mass is 1470 g/mol. The SMILES string of the molecule is Cc1ccc2c(C#N)c3cc(C)ccc3cc2c1.Cc1ccc2cc3cc(C)ccc3cc2c1.N#Cc1c2ccc(C=O)cc2cc2ccc(C=O)cc12.O=Cc1ccc2cc3cc(C=O)ccc3cc2c1.[C-]#[N+]c1c2ccc(C)cc2c(C#N)c2ccc(C)cc12.[C-]#[N+]c1c2ccc(C=O)cc2c(C#N)c2ccc(C=O)cc12. The van der Waals surface area contributed by atoms with E-state index in [0.717, 1.165) is 128 Å². The van der Waals surface area contributed by atoms with E-state index >= 15 is 0 Å². The number of fused-ring (bicyclic) bond motifs is 12. The van der Waals surface area contributed by atoms with Crippen molar-refractivity contribution in [1.82, 2.24) is 0 Å². The van der Waals surface area contributed by atoms with Crippen LogP contribution in [-0.2, 0) is 0 Å². The zero-order valence-corrected chi connectivity index (χ0v) is 62.8. The van der Waals surface area contributed by atoms with Gasteiger partial charge in [-0.1, -0.05) is 221 Å². The largest absolute Gasteiger partial charge is 0.298 e. The van der Waals surface area contributed by atoms with Gasteiger partial charge in [-0.2, -0.15) is 21.0 Å². The molecule has 540 valence electrons. The molecule has 0 radical (unpaired) electrons. The Hall–Kier alpha value is -16.0. The Kier molecular flexibility index (Phi) is 22.2. The van der Waals surface area contributed by atoms with Crippen LogP contribution in [-0.4, -0.2) is 37.7 Å². The summed E-state index contributed by atoms with van der Waals surface area (Å²) >= 11 is 0. The van der Waals surface area contributed by atoms with Crippen molar-refractivity contribution in [2.75, 3.05) is 0 Å². The molecule has 0 aliphatic heterocycles. The Morgan fingerprint density at radius 2 is 0.439 bits per heavy atom. The molecule has 0 unspecified atom stereocenters. The highest BCUT2D eigenvalue weighted by atomic mass is 16.1. The molecule has 0 fully saturated rings. The molecule has 0 bridgehead atoms. The maximum atomic E-state index is 11.0. The molecular formula is C102H66N6O6. The van der Waals surface area contributed by atoms with Gasteiger partial charge in [0.2, 0.25) is 11.4 Å². The zero-order valence-electron chi connectivity index (χ0n) is 62.8. The lowest BCUT2D eigenvalue weighted by Gasteiger charge is -2.10. The Labute approximate surface area is 656 Å². The normalized spacial score (nSPS) is 10.5. The zero-order chi connectivity index (χ0) is 80.4. The molecule has 18 aromatic carbocycles. The topological polar surface area (TPSA) is 206 Å². The van der Waals surface area contributed by atoms with Gasteiger partial charge in [-0.25, -0.2) is 9.69 Å². The van der Waals surface area contributed by atoms with Crippen LogP contribution in [0.4, 0.5) is 11.4 Å². The van der Waals surface area contributed by atoms with Crippen LogP contribution in [0.25, 0.3) is 139 Å². The highest BCUT2D eigenvalue weighted by Gasteiger charge is 2.18. The minimum absolute atomic E-state index is 0.380. The standard InChI is InChI=1S/C18H8N2O2.C18H12N2.C17H9NO2.C17H13N.C16H10O2.C16H14/c1-20-18-14-5-3-11(9-21)6-15(14)17(8-19)13-4-2-12(10-22)7-16(13)18;1-11-5-7-14-15(8-11)17(10-19)13-6-4-12(2)9-16(13)18(14)20-3;18-8-17-15-4-2-11(9-19)5-14(15)7-13-3-1-12(10-20)6-16(13)17;1-11-4-6-15-14(7-11)9-13-5-3-12(2)8-16(13)17(15)10-18;17-9-11-1-3-13-7-16-6-12(10-18)2-4-14(16)8-15(13)5-11;1-11-3-5-13-10-16-8-12(2)4-6-14(16)9-15(13)7-11/h2-7,9-10H;4-9H,1-2H3;1-7,9-10H;3-9H,1-2H3;1-10H;3-10H,1-2H3. The molecule has 0 spiro atoms. The summed E-state index contributed by atoms with van der Waals surface area (Å²) in [5, 5.41) is 60.8. The second-order valence-electron chi connectivity index (χ2n) is 28.1. The molecule has 0 saturated carbocycles. The van der Waals surface area contributed by atoms with E-state index in [4.69, 9.17) is 13.1 Å². The van der Waals surface area contributed by atoms with E-state index in [-0.39, 0.29) is 0 Å². The van der Waals surface area contributed by atoms with Crippen molar-refractivity contribution in [1.29, 1.82) is 21.0 Å². The van der Waals surface area contributed by atoms with E-state index in [1.165, 1.54) is 43.8 Å². The first-order valence-corrected chi connectivity index (χ1v) is 36.3. The summed E-state index contributed by atoms with van der Waals surface area (Å²) < 4.78 is 0. The second kappa shape index (κ2) is 33.3. The third-order valence-electron chi connectivity index (χ3n) is 20.2. The highest BCUT2D eigenvalue weighted by molar-refractivity contribution is 6.18. The number of nitriles is 4. The summed E-state index contributed by atoms with van der Waals surface area (Å²) in [7, 11) is 0. The molecule has 114 heavy (non-hydrogen) atoms. The first-order valence-electron chi connectivity index (χ1n) is 36.3. The van der Waals surface area contributed by atoms with E-state index in [1.54, 1.807) is 78.9 Å². The number of benzene rings is 18. The first-order chi connectivity index (χ1) is 55.3. The summed E-state index contributed by atoms with van der Waals surface area (Å²) in [5.74, 6) is 0. The highest BCUT2D eigenvalue weighted by Crippen LogP contribution is 2.42. The molecule has 0 aliphatic rings. The number of aryl methyl sites for hydroxylation is 6. The van der Waals surface area contributed by atoms with Crippen LogP contribution in [0.15, 0.2) is 255 Å². The van der Waals surface area contributed by atoms with Crippen molar-refractivity contribution in [3.63, 3.8) is 0 Å². The summed E-state index contributed by atoms with van der Waals surface area (Å²) in [6, 6.07) is 90.7. The third kappa shape index (κ3) is 15.6. The summed E-state index contributed by atoms with van der Waals surface area (Å²) in [5.41, 5.74) is 14.0. The van der Waals surface area contributed by atoms with Crippen molar-refractivity contribution in [3.8, 4) is 24.3 Å². The van der Waals surface area contributed by atoms with Crippen LogP contribution >= 0.6 is 0 Å². The van der Waals surface area contributed by atoms with E-state index in [9.17, 15) is 49.8 Å². The molecule has 0 aliphatic carbocycles. The number of carbonyl (C=O) groups excluding carboxylic acids is 6. The molecule has 0 aromatic heterocycles. The Balaban J connectivity index is 0.000000120. The van der Waals surface area contributed by atoms with Crippen LogP contribution in [0.1, 0.15) is 118 Å². The fraction of sp³-hybridized carbons (Fsp3) is 0.0588. The number of aldehydes is 6. The molecule has 0 N–H and O–H groups in total. The maximum Gasteiger partial charge on any atom is 0.202 e. The number of rotatable bonds is 6. The van der Waals surface area contributed by atoms with E-state index in [2.05, 4.69) is 147 Å². The van der Waals surface area contributed by atoms with Gasteiger partial charge in [0.15, 0.2) is 0 Å². The van der Waals surface area contributed by atoms with Crippen LogP contribution in [0, 0.1) is 100 Å². The van der Waals surface area contributed by atoms with Crippen LogP contribution < -0.4 is 0 Å². The molecule has 12 nitrogen and oxygen atoms in total. The molecule has 18 rings (SSSR count). The summed E-state index contributed by atoms with van der Waals surface area (Å²) in [4.78, 5) is 72.5. The summed E-state index contributed by atoms with van der Waals surface area (Å²) in [6.07, 6.45) is 4.65. The van der Waals surface area contributed by atoms with Gasteiger partial charge in [0.1, 0.15) is 62.0 Å². The van der Waals surface area contributed by atoms with Crippen LogP contribution in [0.3, 0.4) is 0 Å². The lowest BCUT2D eigenvalue weighted by molar-refractivity contribution is 0.111. The quantitative estimate of drug-likeness (QED) is 0.0874. The van der Waals surface area contributed by atoms with Gasteiger partial charge in [0.25, 0.3) is 0 Å². The van der Waals surface area contributed by atoms with Crippen molar-refractivity contribution >= 4 is 178 Å². The lowest BCUT2D eigenvalue weighted by atomic mass is 9.93. The maximum absolute atomic E-state index is 11.0. The van der Waals surface area contributed by atoms with Crippen LogP contribution in [0.5, 0.6) is 0 Å². The molecule has 0 atom stereocenters. The predicted molar refractivity (Wildman–Crippen MR) is 461 cm³/mol. The Morgan fingerprint density at radius 1 is 0.211 bits per heavy atom. The van der Waals surface area contributed by atoms with Gasteiger partial charge in [-0.15, -0.1) is 0 Å². The van der Waals surface area contributed by atoms with Gasteiger partial charge in [0, 0.05) is 54.9 Å². The Morgan fingerprint density at radius 3 is 0.860 bits per heavy atom. The molecule has 0 heterocycles. The van der Waals surface area contributed by atoms with Gasteiger partial charge in [-0.05, 0) is 216 Å². The Bertz CT molecular complexity index is 7120.